The molecule has 2 fully saturated rings. The van der Waals surface area contributed by atoms with Gasteiger partial charge in [0.15, 0.2) is 0 Å². The van der Waals surface area contributed by atoms with Gasteiger partial charge < -0.3 is 10.1 Å². The number of nitrogens with one attached hydrogen (secondary N) is 1. The quantitative estimate of drug-likeness (QED) is 0.776. The molecule has 2 heteroatoms. The van der Waals surface area contributed by atoms with E-state index >= 15 is 0 Å². The average molecular weight is 225 g/mol. The standard InChI is InChI=1S/C14H27NO/c1-3-11-6-5-7-13(8-11)16-14-9-12(10-14)15-4-2/h11-15H,3-10H2,1-2H3. The number of ether oxygens (including phenoxy) is 1. The summed E-state index contributed by atoms with van der Waals surface area (Å²) in [5, 5.41) is 3.49. The summed E-state index contributed by atoms with van der Waals surface area (Å²) in [4.78, 5) is 0. The lowest BCUT2D eigenvalue weighted by atomic mass is 9.84. The summed E-state index contributed by atoms with van der Waals surface area (Å²) in [5.41, 5.74) is 0. The van der Waals surface area contributed by atoms with E-state index in [0.717, 1.165) is 18.5 Å². The molecule has 2 aliphatic carbocycles. The highest BCUT2D eigenvalue weighted by Crippen LogP contribution is 2.32. The van der Waals surface area contributed by atoms with Crippen molar-refractivity contribution in [1.82, 2.24) is 5.32 Å². The molecule has 0 saturated heterocycles. The smallest absolute Gasteiger partial charge is 0.0608 e. The fourth-order valence-electron chi connectivity index (χ4n) is 3.14. The van der Waals surface area contributed by atoms with E-state index in [4.69, 9.17) is 4.74 Å². The van der Waals surface area contributed by atoms with Crippen LogP contribution in [0.4, 0.5) is 0 Å². The molecule has 0 aromatic carbocycles. The van der Waals surface area contributed by atoms with E-state index in [9.17, 15) is 0 Å². The van der Waals surface area contributed by atoms with Crippen molar-refractivity contribution >= 4 is 0 Å². The van der Waals surface area contributed by atoms with Gasteiger partial charge in [-0.3, -0.25) is 0 Å². The van der Waals surface area contributed by atoms with Crippen LogP contribution in [0.1, 0.15) is 58.8 Å². The highest BCUT2D eigenvalue weighted by atomic mass is 16.5. The zero-order valence-electron chi connectivity index (χ0n) is 10.9. The van der Waals surface area contributed by atoms with Crippen LogP contribution >= 0.6 is 0 Å². The van der Waals surface area contributed by atoms with Crippen molar-refractivity contribution in [3.05, 3.63) is 0 Å². The first-order chi connectivity index (χ1) is 7.81. The minimum atomic E-state index is 0.560. The van der Waals surface area contributed by atoms with Crippen LogP contribution < -0.4 is 5.32 Å². The molecule has 16 heavy (non-hydrogen) atoms. The van der Waals surface area contributed by atoms with Gasteiger partial charge in [-0.25, -0.2) is 0 Å². The SMILES string of the molecule is CCNC1CC(OC2CCCC(CC)C2)C1. The summed E-state index contributed by atoms with van der Waals surface area (Å²) in [6, 6.07) is 0.737. The molecule has 0 bridgehead atoms. The summed E-state index contributed by atoms with van der Waals surface area (Å²) >= 11 is 0. The predicted octanol–water partition coefficient (Wildman–Crippen LogP) is 3.11. The van der Waals surface area contributed by atoms with Gasteiger partial charge in [-0.2, -0.15) is 0 Å². The molecule has 1 N–H and O–H groups in total. The second-order valence-electron chi connectivity index (χ2n) is 5.55. The van der Waals surface area contributed by atoms with Gasteiger partial charge >= 0.3 is 0 Å². The summed E-state index contributed by atoms with van der Waals surface area (Å²) in [6.45, 7) is 5.59. The topological polar surface area (TPSA) is 21.3 Å². The Morgan fingerprint density at radius 1 is 1.06 bits per heavy atom. The lowest BCUT2D eigenvalue weighted by Crippen LogP contribution is -2.47. The van der Waals surface area contributed by atoms with Crippen LogP contribution in [0.3, 0.4) is 0 Å². The van der Waals surface area contributed by atoms with E-state index < -0.39 is 0 Å². The van der Waals surface area contributed by atoms with Crippen LogP contribution in [0.2, 0.25) is 0 Å². The monoisotopic (exact) mass is 225 g/mol. The molecule has 94 valence electrons. The summed E-state index contributed by atoms with van der Waals surface area (Å²) in [7, 11) is 0. The third kappa shape index (κ3) is 3.21. The Morgan fingerprint density at radius 2 is 1.88 bits per heavy atom. The van der Waals surface area contributed by atoms with Crippen molar-refractivity contribution in [2.24, 2.45) is 5.92 Å². The highest BCUT2D eigenvalue weighted by Gasteiger charge is 2.32. The highest BCUT2D eigenvalue weighted by molar-refractivity contribution is 4.87. The lowest BCUT2D eigenvalue weighted by Gasteiger charge is -2.39. The van der Waals surface area contributed by atoms with Crippen molar-refractivity contribution in [2.75, 3.05) is 6.54 Å². The molecule has 2 aliphatic rings. The Morgan fingerprint density at radius 3 is 2.56 bits per heavy atom. The zero-order valence-corrected chi connectivity index (χ0v) is 10.9. The Kier molecular flexibility index (Phi) is 4.66. The van der Waals surface area contributed by atoms with Gasteiger partial charge in [0.25, 0.3) is 0 Å². The van der Waals surface area contributed by atoms with Crippen LogP contribution in [0.5, 0.6) is 0 Å². The summed E-state index contributed by atoms with van der Waals surface area (Å²) < 4.78 is 6.20. The van der Waals surface area contributed by atoms with Crippen molar-refractivity contribution in [2.45, 2.75) is 77.0 Å². The minimum absolute atomic E-state index is 0.560. The van der Waals surface area contributed by atoms with Crippen LogP contribution in [-0.2, 0) is 4.74 Å². The third-order valence-electron chi connectivity index (χ3n) is 4.28. The zero-order chi connectivity index (χ0) is 11.4. The molecule has 2 nitrogen and oxygen atoms in total. The van der Waals surface area contributed by atoms with Crippen LogP contribution in [0, 0.1) is 5.92 Å². The fourth-order valence-corrected chi connectivity index (χ4v) is 3.14. The molecule has 2 saturated carbocycles. The van der Waals surface area contributed by atoms with Gasteiger partial charge in [0.2, 0.25) is 0 Å². The van der Waals surface area contributed by atoms with Gasteiger partial charge in [-0.05, 0) is 38.1 Å². The van der Waals surface area contributed by atoms with E-state index in [2.05, 4.69) is 19.2 Å². The number of hydrogen-bond acceptors (Lipinski definition) is 2. The number of rotatable bonds is 5. The van der Waals surface area contributed by atoms with Crippen LogP contribution in [-0.4, -0.2) is 24.8 Å². The predicted molar refractivity (Wildman–Crippen MR) is 67.6 cm³/mol. The van der Waals surface area contributed by atoms with Crippen LogP contribution in [0.25, 0.3) is 0 Å². The maximum atomic E-state index is 6.20. The molecule has 0 heterocycles. The molecule has 2 unspecified atom stereocenters. The van der Waals surface area contributed by atoms with Crippen molar-refractivity contribution in [3.8, 4) is 0 Å². The molecular formula is C14H27NO. The maximum Gasteiger partial charge on any atom is 0.0608 e. The molecule has 0 spiro atoms. The molecule has 2 atom stereocenters. The second-order valence-corrected chi connectivity index (χ2v) is 5.55. The number of hydrogen-bond donors (Lipinski definition) is 1. The van der Waals surface area contributed by atoms with Crippen molar-refractivity contribution < 1.29 is 4.74 Å². The molecule has 0 aliphatic heterocycles. The van der Waals surface area contributed by atoms with Gasteiger partial charge in [0, 0.05) is 6.04 Å². The van der Waals surface area contributed by atoms with Crippen molar-refractivity contribution in [1.29, 1.82) is 0 Å². The van der Waals surface area contributed by atoms with E-state index in [0.29, 0.717) is 12.2 Å². The van der Waals surface area contributed by atoms with Gasteiger partial charge in [0.05, 0.1) is 12.2 Å². The lowest BCUT2D eigenvalue weighted by molar-refractivity contribution is -0.0836. The summed E-state index contributed by atoms with van der Waals surface area (Å²) in [5.74, 6) is 0.934. The van der Waals surface area contributed by atoms with Gasteiger partial charge in [-0.1, -0.05) is 33.1 Å². The first-order valence-electron chi connectivity index (χ1n) is 7.20. The first-order valence-corrected chi connectivity index (χ1v) is 7.20. The normalized spacial score (nSPS) is 39.4. The molecular weight excluding hydrogens is 198 g/mol. The summed E-state index contributed by atoms with van der Waals surface area (Å²) in [6.07, 6.45) is 10.4. The second kappa shape index (κ2) is 6.02. The molecule has 0 radical (unpaired) electrons. The Balaban J connectivity index is 1.63. The Bertz CT molecular complexity index is 201. The Hall–Kier alpha value is -0.0800. The van der Waals surface area contributed by atoms with E-state index in [1.165, 1.54) is 44.9 Å². The Labute approximate surface area is 100 Å². The fraction of sp³-hybridized carbons (Fsp3) is 1.00. The third-order valence-corrected chi connectivity index (χ3v) is 4.28. The van der Waals surface area contributed by atoms with E-state index in [-0.39, 0.29) is 0 Å². The van der Waals surface area contributed by atoms with Crippen molar-refractivity contribution in [3.63, 3.8) is 0 Å². The van der Waals surface area contributed by atoms with Gasteiger partial charge in [0.1, 0.15) is 0 Å². The molecule has 0 aromatic heterocycles. The largest absolute Gasteiger partial charge is 0.375 e. The maximum absolute atomic E-state index is 6.20. The van der Waals surface area contributed by atoms with E-state index in [1.54, 1.807) is 0 Å². The first kappa shape index (κ1) is 12.4. The van der Waals surface area contributed by atoms with Gasteiger partial charge in [-0.15, -0.1) is 0 Å². The molecule has 2 rings (SSSR count). The molecule has 0 amide bonds. The minimum Gasteiger partial charge on any atom is -0.375 e. The van der Waals surface area contributed by atoms with Crippen LogP contribution in [0.15, 0.2) is 0 Å². The average Bonchev–Trinajstić information content (AvgIpc) is 2.27. The van der Waals surface area contributed by atoms with E-state index in [1.807, 2.05) is 0 Å². The molecule has 0 aromatic rings.